The van der Waals surface area contributed by atoms with Crippen LogP contribution >= 0.6 is 0 Å². The van der Waals surface area contributed by atoms with E-state index in [9.17, 15) is 4.79 Å². The summed E-state index contributed by atoms with van der Waals surface area (Å²) in [6.45, 7) is 4.29. The smallest absolute Gasteiger partial charge is 0.241 e. The lowest BCUT2D eigenvalue weighted by molar-refractivity contribution is -0.133. The summed E-state index contributed by atoms with van der Waals surface area (Å²) in [5, 5.41) is 5.30. The number of benzene rings is 2. The Morgan fingerprint density at radius 3 is 2.61 bits per heavy atom. The number of aryl methyl sites for hydroxylation is 1. The van der Waals surface area contributed by atoms with Gasteiger partial charge in [-0.2, -0.15) is 4.98 Å². The summed E-state index contributed by atoms with van der Waals surface area (Å²) in [5.74, 6) is 2.14. The fraction of sp³-hybridized carbons (Fsp3) is 0.320. The monoisotopic (exact) mass is 445 g/mol. The second-order valence-corrected chi connectivity index (χ2v) is 8.22. The zero-order valence-corrected chi connectivity index (χ0v) is 18.7. The number of carbonyl (C=O) groups excluding carboxylic acids is 1. The first-order valence-electron chi connectivity index (χ1n) is 11.2. The molecule has 8 nitrogen and oxygen atoms in total. The van der Waals surface area contributed by atoms with Gasteiger partial charge in [0.2, 0.25) is 17.6 Å². The molecule has 2 aromatic heterocycles. The van der Waals surface area contributed by atoms with Crippen LogP contribution in [0.2, 0.25) is 0 Å². The third-order valence-electron chi connectivity index (χ3n) is 6.15. The van der Waals surface area contributed by atoms with Crippen molar-refractivity contribution in [2.24, 2.45) is 0 Å². The van der Waals surface area contributed by atoms with E-state index in [0.29, 0.717) is 44.3 Å². The maximum Gasteiger partial charge on any atom is 0.241 e. The molecule has 0 saturated carbocycles. The van der Waals surface area contributed by atoms with E-state index in [2.05, 4.69) is 44.0 Å². The number of rotatable bonds is 7. The van der Waals surface area contributed by atoms with Crippen LogP contribution in [0, 0.1) is 0 Å². The quantitative estimate of drug-likeness (QED) is 0.434. The van der Waals surface area contributed by atoms with E-state index in [1.165, 1.54) is 10.9 Å². The topological polar surface area (TPSA) is 76.6 Å². The van der Waals surface area contributed by atoms with Gasteiger partial charge in [-0.15, -0.1) is 0 Å². The number of hydrogen-bond acceptors (Lipinski definition) is 6. The number of amides is 1. The number of piperazine rings is 1. The van der Waals surface area contributed by atoms with Gasteiger partial charge in [0.05, 0.1) is 13.7 Å². The minimum Gasteiger partial charge on any atom is -0.497 e. The molecule has 3 heterocycles. The molecule has 0 spiro atoms. The first-order valence-corrected chi connectivity index (χ1v) is 11.2. The Bertz CT molecular complexity index is 1220. The maximum atomic E-state index is 12.7. The second-order valence-electron chi connectivity index (χ2n) is 8.22. The van der Waals surface area contributed by atoms with Crippen molar-refractivity contribution in [2.75, 3.05) is 33.3 Å². The Labute approximate surface area is 192 Å². The number of aromatic nitrogens is 3. The highest BCUT2D eigenvalue weighted by atomic mass is 16.5. The van der Waals surface area contributed by atoms with Crippen LogP contribution in [-0.4, -0.2) is 63.7 Å². The molecule has 0 atom stereocenters. The summed E-state index contributed by atoms with van der Waals surface area (Å²) in [6.07, 6.45) is 2.56. The summed E-state index contributed by atoms with van der Waals surface area (Å²) in [7, 11) is 1.64. The molecule has 1 saturated heterocycles. The van der Waals surface area contributed by atoms with Crippen molar-refractivity contribution in [1.29, 1.82) is 0 Å². The van der Waals surface area contributed by atoms with Crippen molar-refractivity contribution >= 4 is 16.8 Å². The van der Waals surface area contributed by atoms with Gasteiger partial charge in [-0.05, 0) is 41.8 Å². The average molecular weight is 446 g/mol. The molecule has 1 aliphatic rings. The zero-order chi connectivity index (χ0) is 22.6. The fourth-order valence-corrected chi connectivity index (χ4v) is 4.23. The molecule has 33 heavy (non-hydrogen) atoms. The van der Waals surface area contributed by atoms with Crippen LogP contribution in [0.3, 0.4) is 0 Å². The van der Waals surface area contributed by atoms with Crippen molar-refractivity contribution in [2.45, 2.75) is 19.5 Å². The molecule has 2 aromatic carbocycles. The van der Waals surface area contributed by atoms with Crippen molar-refractivity contribution in [3.8, 4) is 17.1 Å². The van der Waals surface area contributed by atoms with Gasteiger partial charge in [0.15, 0.2) is 0 Å². The molecular weight excluding hydrogens is 418 g/mol. The van der Waals surface area contributed by atoms with E-state index in [0.717, 1.165) is 24.4 Å². The number of nitrogens with zero attached hydrogens (tertiary/aromatic N) is 5. The summed E-state index contributed by atoms with van der Waals surface area (Å²) in [4.78, 5) is 21.5. The number of methoxy groups -OCH3 is 1. The zero-order valence-electron chi connectivity index (χ0n) is 18.7. The molecule has 4 aromatic rings. The molecule has 0 N–H and O–H groups in total. The number of ether oxygens (including phenoxy) is 1. The molecule has 0 unspecified atom stereocenters. The Hall–Kier alpha value is -3.65. The molecule has 8 heteroatoms. The SMILES string of the molecule is COc1ccc(-c2noc(CN3CCN(C(=O)CCn4ccc5ccccc54)CC3)n2)cc1. The van der Waals surface area contributed by atoms with Gasteiger partial charge in [0, 0.05) is 56.4 Å². The number of carbonyl (C=O) groups is 1. The lowest BCUT2D eigenvalue weighted by Crippen LogP contribution is -2.48. The van der Waals surface area contributed by atoms with E-state index in [1.54, 1.807) is 7.11 Å². The summed E-state index contributed by atoms with van der Waals surface area (Å²) in [6, 6.07) is 17.9. The van der Waals surface area contributed by atoms with Crippen LogP contribution < -0.4 is 4.74 Å². The van der Waals surface area contributed by atoms with Crippen LogP contribution in [0.4, 0.5) is 0 Å². The molecule has 0 bridgehead atoms. The van der Waals surface area contributed by atoms with Gasteiger partial charge in [0.25, 0.3) is 0 Å². The molecule has 1 aliphatic heterocycles. The van der Waals surface area contributed by atoms with Gasteiger partial charge >= 0.3 is 0 Å². The van der Waals surface area contributed by atoms with E-state index in [1.807, 2.05) is 41.3 Å². The lowest BCUT2D eigenvalue weighted by atomic mass is 10.2. The van der Waals surface area contributed by atoms with Gasteiger partial charge in [-0.25, -0.2) is 0 Å². The molecular formula is C25H27N5O3. The van der Waals surface area contributed by atoms with Crippen LogP contribution in [-0.2, 0) is 17.9 Å². The molecule has 0 aliphatic carbocycles. The van der Waals surface area contributed by atoms with E-state index < -0.39 is 0 Å². The third kappa shape index (κ3) is 4.75. The standard InChI is InChI=1S/C25H27N5O3/c1-32-21-8-6-20(7-9-21)25-26-23(33-27-25)18-28-14-16-30(17-15-28)24(31)11-13-29-12-10-19-4-2-3-5-22(19)29/h2-10,12H,11,13-18H2,1H3. The fourth-order valence-electron chi connectivity index (χ4n) is 4.23. The first-order chi connectivity index (χ1) is 16.2. The average Bonchev–Trinajstić information content (AvgIpc) is 3.50. The Morgan fingerprint density at radius 1 is 1.03 bits per heavy atom. The van der Waals surface area contributed by atoms with Crippen LogP contribution in [0.25, 0.3) is 22.3 Å². The van der Waals surface area contributed by atoms with Gasteiger partial charge in [-0.1, -0.05) is 23.4 Å². The summed E-state index contributed by atoms with van der Waals surface area (Å²) < 4.78 is 12.8. The predicted molar refractivity (Wildman–Crippen MR) is 125 cm³/mol. The minimum atomic E-state index is 0.201. The second kappa shape index (κ2) is 9.46. The van der Waals surface area contributed by atoms with Crippen LogP contribution in [0.1, 0.15) is 12.3 Å². The number of fused-ring (bicyclic) bond motifs is 1. The highest BCUT2D eigenvalue weighted by Gasteiger charge is 2.22. The van der Waals surface area contributed by atoms with Gasteiger partial charge < -0.3 is 18.7 Å². The minimum absolute atomic E-state index is 0.201. The van der Waals surface area contributed by atoms with Crippen molar-refractivity contribution < 1.29 is 14.1 Å². The Balaban J connectivity index is 1.10. The number of para-hydroxylation sites is 1. The normalized spacial score (nSPS) is 14.6. The van der Waals surface area contributed by atoms with Crippen molar-refractivity contribution in [3.63, 3.8) is 0 Å². The number of hydrogen-bond donors (Lipinski definition) is 0. The largest absolute Gasteiger partial charge is 0.497 e. The lowest BCUT2D eigenvalue weighted by Gasteiger charge is -2.34. The highest BCUT2D eigenvalue weighted by molar-refractivity contribution is 5.80. The molecule has 170 valence electrons. The molecule has 1 amide bonds. The van der Waals surface area contributed by atoms with Crippen molar-refractivity contribution in [1.82, 2.24) is 24.5 Å². The Kier molecular flexibility index (Phi) is 6.08. The van der Waals surface area contributed by atoms with Gasteiger partial charge in [0.1, 0.15) is 5.75 Å². The Morgan fingerprint density at radius 2 is 1.82 bits per heavy atom. The summed E-state index contributed by atoms with van der Waals surface area (Å²) in [5.41, 5.74) is 2.06. The molecule has 0 radical (unpaired) electrons. The van der Waals surface area contributed by atoms with E-state index >= 15 is 0 Å². The highest BCUT2D eigenvalue weighted by Crippen LogP contribution is 2.20. The molecule has 1 fully saturated rings. The van der Waals surface area contributed by atoms with Crippen LogP contribution in [0.5, 0.6) is 5.75 Å². The van der Waals surface area contributed by atoms with E-state index in [4.69, 9.17) is 9.26 Å². The predicted octanol–water partition coefficient (Wildman–Crippen LogP) is 3.43. The van der Waals surface area contributed by atoms with Gasteiger partial charge in [-0.3, -0.25) is 9.69 Å². The van der Waals surface area contributed by atoms with E-state index in [-0.39, 0.29) is 5.91 Å². The molecule has 5 rings (SSSR count). The maximum absolute atomic E-state index is 12.7. The van der Waals surface area contributed by atoms with Crippen LogP contribution in [0.15, 0.2) is 65.3 Å². The first kappa shape index (κ1) is 21.2. The van der Waals surface area contributed by atoms with Crippen molar-refractivity contribution in [3.05, 3.63) is 66.7 Å². The summed E-state index contributed by atoms with van der Waals surface area (Å²) >= 11 is 0. The third-order valence-corrected chi connectivity index (χ3v) is 6.15.